The van der Waals surface area contributed by atoms with Crippen LogP contribution in [0.2, 0.25) is 5.28 Å². The van der Waals surface area contributed by atoms with Crippen LogP contribution in [-0.2, 0) is 25.1 Å². The molecule has 0 aliphatic carbocycles. The van der Waals surface area contributed by atoms with Crippen molar-refractivity contribution >= 4 is 23.2 Å². The Morgan fingerprint density at radius 1 is 1.06 bits per heavy atom. The van der Waals surface area contributed by atoms with Crippen LogP contribution < -0.4 is 10.2 Å². The number of aryl methyl sites for hydroxylation is 1. The Labute approximate surface area is 207 Å². The molecule has 0 amide bonds. The van der Waals surface area contributed by atoms with Crippen LogP contribution >= 0.6 is 11.6 Å². The Balaban J connectivity index is 1.70. The number of alkyl halides is 6. The summed E-state index contributed by atoms with van der Waals surface area (Å²) in [4.78, 5) is 13.3. The minimum atomic E-state index is -4.91. The zero-order valence-electron chi connectivity index (χ0n) is 18.8. The van der Waals surface area contributed by atoms with Gasteiger partial charge in [0.05, 0.1) is 11.8 Å². The van der Waals surface area contributed by atoms with Crippen LogP contribution in [0.3, 0.4) is 0 Å². The first kappa shape index (κ1) is 25.7. The molecule has 0 saturated heterocycles. The highest BCUT2D eigenvalue weighted by molar-refractivity contribution is 6.28. The Kier molecular flexibility index (Phi) is 7.12. The lowest BCUT2D eigenvalue weighted by Gasteiger charge is -2.27. The van der Waals surface area contributed by atoms with Crippen molar-refractivity contribution in [1.82, 2.24) is 15.0 Å². The number of aromatic nitrogens is 3. The third-order valence-electron chi connectivity index (χ3n) is 5.61. The quantitative estimate of drug-likeness (QED) is 0.367. The first-order valence-electron chi connectivity index (χ1n) is 10.7. The van der Waals surface area contributed by atoms with Crippen molar-refractivity contribution in [3.63, 3.8) is 0 Å². The fraction of sp³-hybridized carbons (Fsp3) is 0.292. The summed E-state index contributed by atoms with van der Waals surface area (Å²) in [5.41, 5.74) is 1.11. The van der Waals surface area contributed by atoms with E-state index in [1.807, 2.05) is 25.1 Å². The van der Waals surface area contributed by atoms with Gasteiger partial charge in [-0.25, -0.2) is 14.4 Å². The van der Waals surface area contributed by atoms with Crippen LogP contribution in [0.5, 0.6) is 0 Å². The van der Waals surface area contributed by atoms with Crippen molar-refractivity contribution in [3.8, 4) is 0 Å². The van der Waals surface area contributed by atoms with E-state index < -0.39 is 29.9 Å². The number of nitrogens with one attached hydrogen (secondary N) is 1. The standard InChI is InChI=1S/C24H19ClF6N5/c1-14-3-2-4-17-5-16(9-32-20(14)17)11-36(22-34-13-33-21(25)35-22)10-15-6-18(23(27,28)12-26)8-19(7-15)24(29,30)31/h2-4,6-8,13,32H,5,10-12H2,1H3. The van der Waals surface area contributed by atoms with E-state index in [0.29, 0.717) is 12.0 Å². The Hall–Kier alpha value is -3.34. The number of benzene rings is 2. The maximum absolute atomic E-state index is 14.1. The Morgan fingerprint density at radius 2 is 1.81 bits per heavy atom. The average Bonchev–Trinajstić information content (AvgIpc) is 2.83. The van der Waals surface area contributed by atoms with E-state index in [0.717, 1.165) is 35.3 Å². The van der Waals surface area contributed by atoms with Crippen molar-refractivity contribution in [2.24, 2.45) is 0 Å². The molecule has 1 N–H and O–H groups in total. The highest BCUT2D eigenvalue weighted by Crippen LogP contribution is 2.36. The van der Waals surface area contributed by atoms with Crippen LogP contribution in [0.25, 0.3) is 0 Å². The first-order valence-corrected chi connectivity index (χ1v) is 11.0. The monoisotopic (exact) mass is 526 g/mol. The molecule has 0 atom stereocenters. The number of hydrogen-bond acceptors (Lipinski definition) is 5. The summed E-state index contributed by atoms with van der Waals surface area (Å²) in [5.74, 6) is -4.06. The summed E-state index contributed by atoms with van der Waals surface area (Å²) < 4.78 is 81.5. The molecule has 12 heteroatoms. The summed E-state index contributed by atoms with van der Waals surface area (Å²) >= 11 is 5.89. The smallest absolute Gasteiger partial charge is 0.353 e. The second-order valence-electron chi connectivity index (χ2n) is 8.30. The van der Waals surface area contributed by atoms with Gasteiger partial charge in [0.2, 0.25) is 11.2 Å². The van der Waals surface area contributed by atoms with Gasteiger partial charge in [0.1, 0.15) is 6.33 Å². The SMILES string of the molecule is Cc1cccc2c1N[C]=C(CN(Cc1cc(C(F)(F)F)cc(C(F)(F)CF)c1)c1ncnc(Cl)n1)C2. The molecule has 5 nitrogen and oxygen atoms in total. The summed E-state index contributed by atoms with van der Waals surface area (Å²) in [6, 6.07) is 7.61. The van der Waals surface area contributed by atoms with Gasteiger partial charge < -0.3 is 10.2 Å². The van der Waals surface area contributed by atoms with Gasteiger partial charge in [0.15, 0.2) is 6.67 Å². The lowest BCUT2D eigenvalue weighted by Crippen LogP contribution is -2.29. The van der Waals surface area contributed by atoms with Crippen LogP contribution in [-0.4, -0.2) is 28.2 Å². The first-order chi connectivity index (χ1) is 17.0. The van der Waals surface area contributed by atoms with E-state index in [2.05, 4.69) is 26.5 Å². The molecule has 0 spiro atoms. The van der Waals surface area contributed by atoms with E-state index in [1.54, 1.807) is 0 Å². The summed E-state index contributed by atoms with van der Waals surface area (Å²) in [7, 11) is 0. The highest BCUT2D eigenvalue weighted by Gasteiger charge is 2.37. The molecule has 2 heterocycles. The molecule has 1 aromatic heterocycles. The molecule has 0 unspecified atom stereocenters. The summed E-state index contributed by atoms with van der Waals surface area (Å²) in [5, 5.41) is 2.94. The highest BCUT2D eigenvalue weighted by atomic mass is 35.5. The molecule has 0 saturated carbocycles. The maximum Gasteiger partial charge on any atom is 0.416 e. The van der Waals surface area contributed by atoms with Gasteiger partial charge in [-0.1, -0.05) is 18.2 Å². The predicted octanol–water partition coefficient (Wildman–Crippen LogP) is 6.28. The molecule has 0 bridgehead atoms. The van der Waals surface area contributed by atoms with Gasteiger partial charge in [-0.3, -0.25) is 0 Å². The fourth-order valence-electron chi connectivity index (χ4n) is 3.88. The fourth-order valence-corrected chi connectivity index (χ4v) is 4.00. The predicted molar refractivity (Wildman–Crippen MR) is 122 cm³/mol. The summed E-state index contributed by atoms with van der Waals surface area (Å²) in [6.45, 7) is -0.403. The minimum absolute atomic E-state index is 0.0237. The molecule has 3 aromatic rings. The second-order valence-corrected chi connectivity index (χ2v) is 8.64. The maximum atomic E-state index is 14.1. The largest absolute Gasteiger partial charge is 0.416 e. The summed E-state index contributed by atoms with van der Waals surface area (Å²) in [6.07, 6.45) is -0.238. The van der Waals surface area contributed by atoms with Gasteiger partial charge in [-0.05, 0) is 65.4 Å². The van der Waals surface area contributed by atoms with E-state index in [9.17, 15) is 26.3 Å². The van der Waals surface area contributed by atoms with E-state index >= 15 is 0 Å². The van der Waals surface area contributed by atoms with Crippen molar-refractivity contribution in [2.75, 3.05) is 23.4 Å². The topological polar surface area (TPSA) is 53.9 Å². The number of rotatable bonds is 7. The molecule has 1 radical (unpaired) electrons. The van der Waals surface area contributed by atoms with E-state index in [4.69, 9.17) is 11.6 Å². The molecule has 189 valence electrons. The average molecular weight is 527 g/mol. The van der Waals surface area contributed by atoms with Gasteiger partial charge in [0, 0.05) is 24.3 Å². The van der Waals surface area contributed by atoms with Crippen LogP contribution in [0, 0.1) is 13.1 Å². The zero-order valence-corrected chi connectivity index (χ0v) is 19.6. The van der Waals surface area contributed by atoms with Crippen molar-refractivity contribution in [3.05, 3.63) is 87.6 Å². The van der Waals surface area contributed by atoms with Crippen LogP contribution in [0.1, 0.15) is 27.8 Å². The number of fused-ring (bicyclic) bond motifs is 1. The van der Waals surface area contributed by atoms with Gasteiger partial charge >= 0.3 is 12.1 Å². The van der Waals surface area contributed by atoms with Crippen LogP contribution in [0.4, 0.5) is 38.0 Å². The Morgan fingerprint density at radius 3 is 2.50 bits per heavy atom. The Bertz CT molecular complexity index is 1290. The molecule has 36 heavy (non-hydrogen) atoms. The van der Waals surface area contributed by atoms with Gasteiger partial charge in [-0.15, -0.1) is 0 Å². The van der Waals surface area contributed by atoms with Gasteiger partial charge in [-0.2, -0.15) is 26.9 Å². The number of para-hydroxylation sites is 1. The lowest BCUT2D eigenvalue weighted by molar-refractivity contribution is -0.137. The molecule has 1 aliphatic heterocycles. The van der Waals surface area contributed by atoms with Crippen molar-refractivity contribution < 1.29 is 26.3 Å². The normalized spacial score (nSPS) is 13.6. The molecule has 4 rings (SSSR count). The minimum Gasteiger partial charge on any atom is -0.353 e. The van der Waals surface area contributed by atoms with Crippen molar-refractivity contribution in [1.29, 1.82) is 0 Å². The molecule has 2 aromatic carbocycles. The lowest BCUT2D eigenvalue weighted by atomic mass is 9.97. The second kappa shape index (κ2) is 9.96. The number of anilines is 2. The third kappa shape index (κ3) is 5.72. The van der Waals surface area contributed by atoms with Crippen LogP contribution in [0.15, 0.2) is 48.3 Å². The van der Waals surface area contributed by atoms with E-state index in [-0.39, 0.29) is 36.0 Å². The molecule has 0 fully saturated rings. The zero-order chi connectivity index (χ0) is 26.1. The molecular weight excluding hydrogens is 508 g/mol. The van der Waals surface area contributed by atoms with Gasteiger partial charge in [0.25, 0.3) is 0 Å². The number of hydrogen-bond donors (Lipinski definition) is 1. The molecule has 1 aliphatic rings. The molecular formula is C24H19ClF6N5. The van der Waals surface area contributed by atoms with Crippen molar-refractivity contribution in [2.45, 2.75) is 32.0 Å². The number of nitrogens with zero attached hydrogens (tertiary/aromatic N) is 4. The third-order valence-corrected chi connectivity index (χ3v) is 5.79. The number of halogens is 7. The van der Waals surface area contributed by atoms with E-state index in [1.165, 1.54) is 4.90 Å².